The molecule has 1 fully saturated rings. The van der Waals surface area contributed by atoms with E-state index in [0.717, 1.165) is 31.2 Å². The zero-order valence-corrected chi connectivity index (χ0v) is 16.4. The summed E-state index contributed by atoms with van der Waals surface area (Å²) < 4.78 is 28.3. The predicted molar refractivity (Wildman–Crippen MR) is 99.6 cm³/mol. The third-order valence-electron chi connectivity index (χ3n) is 5.17. The van der Waals surface area contributed by atoms with Crippen LogP contribution in [-0.2, 0) is 10.0 Å². The largest absolute Gasteiger partial charge is 0.309 e. The molecule has 0 amide bonds. The van der Waals surface area contributed by atoms with E-state index in [-0.39, 0.29) is 17.5 Å². The summed E-state index contributed by atoms with van der Waals surface area (Å²) in [6.45, 7) is 10.8. The Kier molecular flexibility index (Phi) is 6.10. The molecule has 0 heterocycles. The fourth-order valence-electron chi connectivity index (χ4n) is 3.03. The highest BCUT2D eigenvalue weighted by atomic mass is 32.2. The standard InChI is InChI=1S/C19H32N2O2S/c1-14-10-12-16(13-11-14)24(22,23)21-18-9-7-6-8-17(18)20-15(2)19(3,4)5/h10-13,15,17-18,20-21H,6-9H2,1-5H3/t15-,17-,18-/m1/s1. The van der Waals surface area contributed by atoms with Gasteiger partial charge < -0.3 is 5.32 Å². The molecule has 2 N–H and O–H groups in total. The van der Waals surface area contributed by atoms with Gasteiger partial charge in [-0.25, -0.2) is 13.1 Å². The van der Waals surface area contributed by atoms with E-state index >= 15 is 0 Å². The van der Waals surface area contributed by atoms with Gasteiger partial charge in [-0.3, -0.25) is 0 Å². The van der Waals surface area contributed by atoms with Crippen molar-refractivity contribution >= 4 is 10.0 Å². The van der Waals surface area contributed by atoms with Gasteiger partial charge in [-0.2, -0.15) is 0 Å². The van der Waals surface area contributed by atoms with Crippen molar-refractivity contribution in [2.45, 2.75) is 83.3 Å². The Morgan fingerprint density at radius 2 is 1.58 bits per heavy atom. The Labute approximate surface area is 147 Å². The molecule has 0 aliphatic heterocycles. The van der Waals surface area contributed by atoms with E-state index in [0.29, 0.717) is 10.9 Å². The molecule has 0 spiro atoms. The van der Waals surface area contributed by atoms with Crippen LogP contribution in [0.15, 0.2) is 29.2 Å². The molecule has 1 aliphatic carbocycles. The SMILES string of the molecule is Cc1ccc(S(=O)(=O)N[C@@H]2CCCC[C@H]2N[C@H](C)C(C)(C)C)cc1. The second-order valence-corrected chi connectivity index (χ2v) is 9.90. The topological polar surface area (TPSA) is 58.2 Å². The lowest BCUT2D eigenvalue weighted by Gasteiger charge is -2.38. The summed E-state index contributed by atoms with van der Waals surface area (Å²) in [6.07, 6.45) is 4.13. The van der Waals surface area contributed by atoms with Crippen LogP contribution in [0.4, 0.5) is 0 Å². The number of hydrogen-bond acceptors (Lipinski definition) is 3. The fraction of sp³-hybridized carbons (Fsp3) is 0.684. The van der Waals surface area contributed by atoms with E-state index in [1.165, 1.54) is 0 Å². The van der Waals surface area contributed by atoms with Gasteiger partial charge >= 0.3 is 0 Å². The molecule has 0 radical (unpaired) electrons. The van der Waals surface area contributed by atoms with Crippen LogP contribution >= 0.6 is 0 Å². The first-order chi connectivity index (χ1) is 11.1. The normalized spacial score (nSPS) is 23.9. The lowest BCUT2D eigenvalue weighted by atomic mass is 9.84. The van der Waals surface area contributed by atoms with Crippen molar-refractivity contribution in [3.05, 3.63) is 29.8 Å². The molecule has 0 bridgehead atoms. The van der Waals surface area contributed by atoms with Gasteiger partial charge in [0.2, 0.25) is 10.0 Å². The van der Waals surface area contributed by atoms with Crippen LogP contribution < -0.4 is 10.0 Å². The highest BCUT2D eigenvalue weighted by Gasteiger charge is 2.32. The van der Waals surface area contributed by atoms with Gasteiger partial charge in [-0.05, 0) is 44.2 Å². The van der Waals surface area contributed by atoms with Crippen molar-refractivity contribution in [2.24, 2.45) is 5.41 Å². The number of rotatable bonds is 5. The van der Waals surface area contributed by atoms with Crippen LogP contribution in [0.25, 0.3) is 0 Å². The maximum absolute atomic E-state index is 12.7. The van der Waals surface area contributed by atoms with E-state index in [1.807, 2.05) is 19.1 Å². The molecular formula is C19H32N2O2S. The molecule has 4 nitrogen and oxygen atoms in total. The van der Waals surface area contributed by atoms with E-state index in [4.69, 9.17) is 0 Å². The molecule has 136 valence electrons. The first-order valence-corrected chi connectivity index (χ1v) is 10.4. The van der Waals surface area contributed by atoms with Gasteiger partial charge in [-0.1, -0.05) is 51.3 Å². The first-order valence-electron chi connectivity index (χ1n) is 8.94. The Balaban J connectivity index is 2.11. The lowest BCUT2D eigenvalue weighted by molar-refractivity contribution is 0.217. The quantitative estimate of drug-likeness (QED) is 0.851. The average molecular weight is 353 g/mol. The second-order valence-electron chi connectivity index (χ2n) is 8.19. The minimum Gasteiger partial charge on any atom is -0.309 e. The molecule has 5 heteroatoms. The number of benzene rings is 1. The van der Waals surface area contributed by atoms with Gasteiger partial charge in [0.05, 0.1) is 4.90 Å². The van der Waals surface area contributed by atoms with Crippen LogP contribution in [0.5, 0.6) is 0 Å². The predicted octanol–water partition coefficient (Wildman–Crippen LogP) is 3.61. The van der Waals surface area contributed by atoms with Crippen LogP contribution in [0.3, 0.4) is 0 Å². The second kappa shape index (κ2) is 7.54. The molecule has 0 unspecified atom stereocenters. The Hall–Kier alpha value is -0.910. The zero-order valence-electron chi connectivity index (χ0n) is 15.6. The third kappa shape index (κ3) is 5.04. The fourth-order valence-corrected chi connectivity index (χ4v) is 4.34. The molecule has 1 saturated carbocycles. The maximum Gasteiger partial charge on any atom is 0.240 e. The van der Waals surface area contributed by atoms with Crippen molar-refractivity contribution in [3.63, 3.8) is 0 Å². The molecule has 24 heavy (non-hydrogen) atoms. The van der Waals surface area contributed by atoms with Gasteiger partial charge in [0.1, 0.15) is 0 Å². The monoisotopic (exact) mass is 352 g/mol. The molecule has 2 rings (SSSR count). The maximum atomic E-state index is 12.7. The number of sulfonamides is 1. The molecular weight excluding hydrogens is 320 g/mol. The smallest absolute Gasteiger partial charge is 0.240 e. The van der Waals surface area contributed by atoms with E-state index in [9.17, 15) is 8.42 Å². The zero-order chi connectivity index (χ0) is 18.0. The number of aryl methyl sites for hydroxylation is 1. The van der Waals surface area contributed by atoms with Crippen LogP contribution in [0.1, 0.15) is 58.9 Å². The molecule has 1 aromatic rings. The molecule has 0 aromatic heterocycles. The summed E-state index contributed by atoms with van der Waals surface area (Å²) in [7, 11) is -3.47. The molecule has 1 aliphatic rings. The highest BCUT2D eigenvalue weighted by molar-refractivity contribution is 7.89. The molecule has 0 saturated heterocycles. The minimum atomic E-state index is -3.47. The molecule has 1 aromatic carbocycles. The molecule has 3 atom stereocenters. The summed E-state index contributed by atoms with van der Waals surface area (Å²) >= 11 is 0. The van der Waals surface area contributed by atoms with Crippen molar-refractivity contribution in [1.82, 2.24) is 10.0 Å². The Morgan fingerprint density at radius 1 is 1.04 bits per heavy atom. The average Bonchev–Trinajstić information content (AvgIpc) is 2.48. The third-order valence-corrected chi connectivity index (χ3v) is 6.67. The number of hydrogen-bond donors (Lipinski definition) is 2. The van der Waals surface area contributed by atoms with Crippen molar-refractivity contribution in [1.29, 1.82) is 0 Å². The van der Waals surface area contributed by atoms with Crippen molar-refractivity contribution in [3.8, 4) is 0 Å². The van der Waals surface area contributed by atoms with Gasteiger partial charge in [-0.15, -0.1) is 0 Å². The van der Waals surface area contributed by atoms with E-state index in [2.05, 4.69) is 37.7 Å². The van der Waals surface area contributed by atoms with Crippen molar-refractivity contribution < 1.29 is 8.42 Å². The van der Waals surface area contributed by atoms with E-state index in [1.54, 1.807) is 12.1 Å². The van der Waals surface area contributed by atoms with Gasteiger partial charge in [0, 0.05) is 18.1 Å². The van der Waals surface area contributed by atoms with E-state index < -0.39 is 10.0 Å². The lowest BCUT2D eigenvalue weighted by Crippen LogP contribution is -2.55. The summed E-state index contributed by atoms with van der Waals surface area (Å²) in [6, 6.07) is 7.51. The minimum absolute atomic E-state index is 0.0464. The van der Waals surface area contributed by atoms with Crippen LogP contribution in [0, 0.1) is 12.3 Å². The Morgan fingerprint density at radius 3 is 2.12 bits per heavy atom. The summed E-state index contributed by atoms with van der Waals surface area (Å²) in [5.74, 6) is 0. The Bertz CT molecular complexity index is 632. The van der Waals surface area contributed by atoms with Crippen LogP contribution in [0.2, 0.25) is 0 Å². The number of nitrogens with one attached hydrogen (secondary N) is 2. The summed E-state index contributed by atoms with van der Waals surface area (Å²) in [5, 5.41) is 3.67. The van der Waals surface area contributed by atoms with Crippen LogP contribution in [-0.4, -0.2) is 26.5 Å². The van der Waals surface area contributed by atoms with Gasteiger partial charge in [0.25, 0.3) is 0 Å². The summed E-state index contributed by atoms with van der Waals surface area (Å²) in [4.78, 5) is 0.348. The highest BCUT2D eigenvalue weighted by Crippen LogP contribution is 2.25. The first kappa shape index (κ1) is 19.4. The summed E-state index contributed by atoms with van der Waals surface area (Å²) in [5.41, 5.74) is 1.21. The van der Waals surface area contributed by atoms with Gasteiger partial charge in [0.15, 0.2) is 0 Å². The van der Waals surface area contributed by atoms with Crippen molar-refractivity contribution in [2.75, 3.05) is 0 Å².